The van der Waals surface area contributed by atoms with E-state index in [9.17, 15) is 4.79 Å². The fourth-order valence-corrected chi connectivity index (χ4v) is 1.66. The van der Waals surface area contributed by atoms with E-state index in [-0.39, 0.29) is 11.3 Å². The van der Waals surface area contributed by atoms with Crippen LogP contribution in [-0.2, 0) is 0 Å². The van der Waals surface area contributed by atoms with Crippen molar-refractivity contribution in [3.05, 3.63) is 11.9 Å². The molecule has 0 spiro atoms. The van der Waals surface area contributed by atoms with Gasteiger partial charge in [0.25, 0.3) is 5.91 Å². The van der Waals surface area contributed by atoms with Crippen molar-refractivity contribution in [2.24, 2.45) is 5.41 Å². The standard InChI is InChI=1S/C12H22N4O/c1-4-5-6-7-12(2,3)9-13-11(17)10-8-14-16-15-10/h8H,4-7,9H2,1-3H3,(H,13,17)(H,14,15,16). The van der Waals surface area contributed by atoms with E-state index in [0.717, 1.165) is 6.42 Å². The van der Waals surface area contributed by atoms with Crippen LogP contribution in [0.2, 0.25) is 0 Å². The van der Waals surface area contributed by atoms with Crippen LogP contribution < -0.4 is 5.32 Å². The van der Waals surface area contributed by atoms with Gasteiger partial charge in [0.05, 0.1) is 6.20 Å². The molecule has 5 nitrogen and oxygen atoms in total. The lowest BCUT2D eigenvalue weighted by Gasteiger charge is -2.24. The number of H-pyrrole nitrogens is 1. The third-order valence-corrected chi connectivity index (χ3v) is 2.83. The molecule has 0 saturated heterocycles. The van der Waals surface area contributed by atoms with E-state index >= 15 is 0 Å². The van der Waals surface area contributed by atoms with Gasteiger partial charge in [-0.3, -0.25) is 4.79 Å². The lowest BCUT2D eigenvalue weighted by Crippen LogP contribution is -2.34. The molecule has 1 aromatic heterocycles. The molecular formula is C12H22N4O. The van der Waals surface area contributed by atoms with E-state index in [1.165, 1.54) is 25.5 Å². The molecule has 1 amide bonds. The van der Waals surface area contributed by atoms with Crippen LogP contribution in [0.15, 0.2) is 6.20 Å². The Morgan fingerprint density at radius 1 is 1.47 bits per heavy atom. The lowest BCUT2D eigenvalue weighted by atomic mass is 9.87. The number of aromatic amines is 1. The van der Waals surface area contributed by atoms with Crippen LogP contribution in [0.3, 0.4) is 0 Å². The number of unbranched alkanes of at least 4 members (excludes halogenated alkanes) is 2. The number of carbonyl (C=O) groups excluding carboxylic acids is 1. The molecule has 17 heavy (non-hydrogen) atoms. The Kier molecular flexibility index (Phi) is 5.12. The second-order valence-electron chi connectivity index (χ2n) is 5.16. The fourth-order valence-electron chi connectivity index (χ4n) is 1.66. The minimum atomic E-state index is -0.165. The fraction of sp³-hybridized carbons (Fsp3) is 0.750. The van der Waals surface area contributed by atoms with E-state index in [4.69, 9.17) is 0 Å². The Hall–Kier alpha value is -1.39. The molecule has 0 aliphatic carbocycles. The zero-order valence-corrected chi connectivity index (χ0v) is 10.9. The second kappa shape index (κ2) is 6.37. The molecule has 0 aliphatic heterocycles. The van der Waals surface area contributed by atoms with E-state index in [1.807, 2.05) is 0 Å². The number of rotatable bonds is 7. The summed E-state index contributed by atoms with van der Waals surface area (Å²) in [6, 6.07) is 0. The molecule has 1 aromatic rings. The quantitative estimate of drug-likeness (QED) is 0.715. The van der Waals surface area contributed by atoms with Gasteiger partial charge in [-0.25, -0.2) is 0 Å². The summed E-state index contributed by atoms with van der Waals surface area (Å²) in [7, 11) is 0. The molecule has 0 aliphatic rings. The highest BCUT2D eigenvalue weighted by atomic mass is 16.1. The largest absolute Gasteiger partial charge is 0.350 e. The van der Waals surface area contributed by atoms with Crippen molar-refractivity contribution < 1.29 is 4.79 Å². The average molecular weight is 238 g/mol. The molecule has 0 bridgehead atoms. The summed E-state index contributed by atoms with van der Waals surface area (Å²) >= 11 is 0. The monoisotopic (exact) mass is 238 g/mol. The van der Waals surface area contributed by atoms with Crippen LogP contribution >= 0.6 is 0 Å². The Balaban J connectivity index is 2.31. The molecule has 1 heterocycles. The summed E-state index contributed by atoms with van der Waals surface area (Å²) in [5.74, 6) is -0.165. The first kappa shape index (κ1) is 13.7. The molecule has 0 fully saturated rings. The molecule has 2 N–H and O–H groups in total. The molecule has 0 radical (unpaired) electrons. The number of aromatic nitrogens is 3. The van der Waals surface area contributed by atoms with Gasteiger partial charge in [0.2, 0.25) is 0 Å². The molecular weight excluding hydrogens is 216 g/mol. The van der Waals surface area contributed by atoms with Crippen LogP contribution in [-0.4, -0.2) is 27.9 Å². The van der Waals surface area contributed by atoms with E-state index in [2.05, 4.69) is 41.5 Å². The zero-order chi connectivity index (χ0) is 12.7. The van der Waals surface area contributed by atoms with Gasteiger partial charge >= 0.3 is 0 Å². The molecule has 0 atom stereocenters. The molecule has 0 unspecified atom stereocenters. The lowest BCUT2D eigenvalue weighted by molar-refractivity contribution is 0.0929. The van der Waals surface area contributed by atoms with Gasteiger partial charge in [-0.05, 0) is 11.8 Å². The maximum Gasteiger partial charge on any atom is 0.273 e. The summed E-state index contributed by atoms with van der Waals surface area (Å²) in [5.41, 5.74) is 0.475. The number of amides is 1. The van der Waals surface area contributed by atoms with E-state index in [1.54, 1.807) is 0 Å². The van der Waals surface area contributed by atoms with Crippen LogP contribution in [0, 0.1) is 5.41 Å². The SMILES string of the molecule is CCCCCC(C)(C)CNC(=O)c1cn[nH]n1. The Bertz CT molecular complexity index is 332. The van der Waals surface area contributed by atoms with Crippen LogP contribution in [0.25, 0.3) is 0 Å². The second-order valence-corrected chi connectivity index (χ2v) is 5.16. The van der Waals surface area contributed by atoms with Gasteiger partial charge in [0.1, 0.15) is 0 Å². The van der Waals surface area contributed by atoms with Crippen molar-refractivity contribution in [1.82, 2.24) is 20.7 Å². The predicted octanol–water partition coefficient (Wildman–Crippen LogP) is 2.14. The van der Waals surface area contributed by atoms with Gasteiger partial charge in [0.15, 0.2) is 5.69 Å². The van der Waals surface area contributed by atoms with Crippen molar-refractivity contribution in [3.63, 3.8) is 0 Å². The van der Waals surface area contributed by atoms with Crippen LogP contribution in [0.4, 0.5) is 0 Å². The minimum absolute atomic E-state index is 0.133. The number of nitrogens with one attached hydrogen (secondary N) is 2. The van der Waals surface area contributed by atoms with Crippen molar-refractivity contribution in [1.29, 1.82) is 0 Å². The number of carbonyl (C=O) groups is 1. The first-order valence-electron chi connectivity index (χ1n) is 6.19. The molecule has 0 aromatic carbocycles. The maximum atomic E-state index is 11.6. The minimum Gasteiger partial charge on any atom is -0.350 e. The van der Waals surface area contributed by atoms with Gasteiger partial charge in [-0.2, -0.15) is 15.4 Å². The topological polar surface area (TPSA) is 70.7 Å². The van der Waals surface area contributed by atoms with Crippen LogP contribution in [0.1, 0.15) is 56.9 Å². The average Bonchev–Trinajstić information content (AvgIpc) is 2.80. The van der Waals surface area contributed by atoms with E-state index in [0.29, 0.717) is 12.2 Å². The smallest absolute Gasteiger partial charge is 0.273 e. The van der Waals surface area contributed by atoms with Gasteiger partial charge < -0.3 is 5.32 Å². The summed E-state index contributed by atoms with van der Waals surface area (Å²) in [6.45, 7) is 7.21. The summed E-state index contributed by atoms with van der Waals surface area (Å²) in [5, 5.41) is 12.7. The molecule has 0 saturated carbocycles. The number of hydrogen-bond acceptors (Lipinski definition) is 3. The van der Waals surface area contributed by atoms with Gasteiger partial charge in [0, 0.05) is 6.54 Å². The maximum absolute atomic E-state index is 11.6. The molecule has 5 heteroatoms. The highest BCUT2D eigenvalue weighted by molar-refractivity contribution is 5.91. The summed E-state index contributed by atoms with van der Waals surface area (Å²) < 4.78 is 0. The molecule has 96 valence electrons. The first-order valence-corrected chi connectivity index (χ1v) is 6.19. The predicted molar refractivity (Wildman–Crippen MR) is 66.6 cm³/mol. The third-order valence-electron chi connectivity index (χ3n) is 2.83. The van der Waals surface area contributed by atoms with Gasteiger partial charge in [-0.15, -0.1) is 0 Å². The number of hydrogen-bond donors (Lipinski definition) is 2. The summed E-state index contributed by atoms with van der Waals surface area (Å²) in [6.07, 6.45) is 6.24. The van der Waals surface area contributed by atoms with Crippen molar-refractivity contribution in [2.75, 3.05) is 6.54 Å². The Labute approximate surface area is 102 Å². The van der Waals surface area contributed by atoms with Crippen molar-refractivity contribution >= 4 is 5.91 Å². The Morgan fingerprint density at radius 2 is 2.24 bits per heavy atom. The Morgan fingerprint density at radius 3 is 2.82 bits per heavy atom. The zero-order valence-electron chi connectivity index (χ0n) is 10.9. The normalized spacial score (nSPS) is 11.5. The third kappa shape index (κ3) is 4.97. The highest BCUT2D eigenvalue weighted by Crippen LogP contribution is 2.22. The van der Waals surface area contributed by atoms with Crippen molar-refractivity contribution in [2.45, 2.75) is 46.5 Å². The number of nitrogens with zero attached hydrogens (tertiary/aromatic N) is 2. The van der Waals surface area contributed by atoms with Crippen LogP contribution in [0.5, 0.6) is 0 Å². The molecule has 1 rings (SSSR count). The van der Waals surface area contributed by atoms with Gasteiger partial charge in [-0.1, -0.05) is 40.0 Å². The van der Waals surface area contributed by atoms with E-state index < -0.39 is 0 Å². The first-order chi connectivity index (χ1) is 8.05. The van der Waals surface area contributed by atoms with Crippen molar-refractivity contribution in [3.8, 4) is 0 Å². The highest BCUT2D eigenvalue weighted by Gasteiger charge is 2.19. The summed E-state index contributed by atoms with van der Waals surface area (Å²) in [4.78, 5) is 11.6.